The van der Waals surface area contributed by atoms with Crippen LogP contribution in [0, 0.1) is 5.41 Å². The maximum atomic E-state index is 8.65. The highest BCUT2D eigenvalue weighted by molar-refractivity contribution is 6.13. The average molecular weight is 396 g/mol. The fourth-order valence-electron chi connectivity index (χ4n) is 3.64. The second-order valence-electron chi connectivity index (χ2n) is 7.48. The van der Waals surface area contributed by atoms with Gasteiger partial charge < -0.3 is 20.1 Å². The molecule has 2 fully saturated rings. The van der Waals surface area contributed by atoms with E-state index in [0.29, 0.717) is 35.9 Å². The van der Waals surface area contributed by atoms with E-state index in [1.807, 2.05) is 6.07 Å². The Morgan fingerprint density at radius 3 is 2.66 bits per heavy atom. The van der Waals surface area contributed by atoms with E-state index >= 15 is 0 Å². The number of anilines is 2. The largest absolute Gasteiger partial charge is 0.491 e. The maximum Gasteiger partial charge on any atom is 0.132 e. The first-order chi connectivity index (χ1) is 14.2. The van der Waals surface area contributed by atoms with Crippen LogP contribution in [0.15, 0.2) is 30.6 Å². The molecule has 1 aromatic carbocycles. The Morgan fingerprint density at radius 2 is 1.93 bits per heavy atom. The Labute approximate surface area is 171 Å². The first-order valence-corrected chi connectivity index (χ1v) is 10.1. The molecule has 0 spiro atoms. The van der Waals surface area contributed by atoms with Gasteiger partial charge in [-0.05, 0) is 31.0 Å². The zero-order chi connectivity index (χ0) is 20.2. The molecule has 4 rings (SSSR count). The smallest absolute Gasteiger partial charge is 0.132 e. The Bertz CT molecular complexity index is 862. The van der Waals surface area contributed by atoms with Gasteiger partial charge in [0.25, 0.3) is 0 Å². The lowest BCUT2D eigenvalue weighted by Gasteiger charge is -2.35. The molecule has 2 aromatic rings. The third-order valence-corrected chi connectivity index (χ3v) is 5.46. The molecule has 3 N–H and O–H groups in total. The van der Waals surface area contributed by atoms with Crippen LogP contribution in [0.25, 0.3) is 0 Å². The molecule has 0 amide bonds. The number of nitrogens with two attached hydrogens (primary N) is 1. The van der Waals surface area contributed by atoms with E-state index in [2.05, 4.69) is 19.8 Å². The molecule has 1 saturated carbocycles. The Hall–Kier alpha value is -2.71. The van der Waals surface area contributed by atoms with Gasteiger partial charge in [0.2, 0.25) is 0 Å². The van der Waals surface area contributed by atoms with E-state index in [4.69, 9.17) is 20.6 Å². The van der Waals surface area contributed by atoms with Gasteiger partial charge in [-0.3, -0.25) is 10.3 Å². The van der Waals surface area contributed by atoms with Crippen molar-refractivity contribution in [1.82, 2.24) is 14.9 Å². The summed E-state index contributed by atoms with van der Waals surface area (Å²) < 4.78 is 10.7. The van der Waals surface area contributed by atoms with E-state index in [9.17, 15) is 0 Å². The van der Waals surface area contributed by atoms with Crippen LogP contribution in [0.5, 0.6) is 5.75 Å². The minimum Gasteiger partial charge on any atom is -0.491 e. The van der Waals surface area contributed by atoms with Crippen LogP contribution in [0.2, 0.25) is 0 Å². The highest BCUT2D eigenvalue weighted by Gasteiger charge is 2.31. The van der Waals surface area contributed by atoms with Crippen molar-refractivity contribution in [2.75, 3.05) is 57.1 Å². The Kier molecular flexibility index (Phi) is 5.92. The Morgan fingerprint density at radius 1 is 1.14 bits per heavy atom. The summed E-state index contributed by atoms with van der Waals surface area (Å²) in [5, 5.41) is 8.65. The number of benzene rings is 1. The summed E-state index contributed by atoms with van der Waals surface area (Å²) in [7, 11) is 1.63. The number of hydrogen-bond acceptors (Lipinski definition) is 8. The van der Waals surface area contributed by atoms with Gasteiger partial charge in [0.1, 0.15) is 24.5 Å². The molecule has 29 heavy (non-hydrogen) atoms. The van der Waals surface area contributed by atoms with Crippen molar-refractivity contribution in [2.24, 2.45) is 0 Å². The van der Waals surface area contributed by atoms with Crippen LogP contribution in [-0.2, 0) is 4.74 Å². The highest BCUT2D eigenvalue weighted by Crippen LogP contribution is 2.28. The molecule has 0 radical (unpaired) electrons. The molecule has 2 heterocycles. The number of hydrogen-bond donors (Lipinski definition) is 2. The molecule has 1 aliphatic heterocycles. The number of aromatic nitrogens is 2. The summed E-state index contributed by atoms with van der Waals surface area (Å²) in [6.07, 6.45) is 4.20. The van der Waals surface area contributed by atoms with Gasteiger partial charge in [-0.25, -0.2) is 9.97 Å². The lowest BCUT2D eigenvalue weighted by atomic mass is 10.0. The lowest BCUT2D eigenvalue weighted by Crippen LogP contribution is -2.47. The van der Waals surface area contributed by atoms with Crippen molar-refractivity contribution >= 4 is 17.2 Å². The van der Waals surface area contributed by atoms with E-state index in [0.717, 1.165) is 38.0 Å². The van der Waals surface area contributed by atoms with Crippen molar-refractivity contribution in [1.29, 1.82) is 5.41 Å². The van der Waals surface area contributed by atoms with Crippen LogP contribution >= 0.6 is 0 Å². The normalized spacial score (nSPS) is 17.3. The minimum atomic E-state index is 0.264. The summed E-state index contributed by atoms with van der Waals surface area (Å²) in [5.41, 5.74) is 8.07. The predicted molar refractivity (Wildman–Crippen MR) is 113 cm³/mol. The van der Waals surface area contributed by atoms with E-state index in [1.54, 1.807) is 25.3 Å². The van der Waals surface area contributed by atoms with Crippen molar-refractivity contribution in [2.45, 2.75) is 18.9 Å². The second kappa shape index (κ2) is 8.75. The third kappa shape index (κ3) is 4.65. The van der Waals surface area contributed by atoms with Gasteiger partial charge in [0, 0.05) is 56.6 Å². The number of methoxy groups -OCH3 is 1. The summed E-state index contributed by atoms with van der Waals surface area (Å²) in [6, 6.07) is 8.02. The summed E-state index contributed by atoms with van der Waals surface area (Å²) >= 11 is 0. The molecule has 8 heteroatoms. The molecule has 8 nitrogen and oxygen atoms in total. The van der Waals surface area contributed by atoms with Gasteiger partial charge in [-0.1, -0.05) is 0 Å². The first kappa shape index (κ1) is 19.6. The second-order valence-corrected chi connectivity index (χ2v) is 7.48. The number of piperazine rings is 1. The molecule has 1 aromatic heterocycles. The summed E-state index contributed by atoms with van der Waals surface area (Å²) in [4.78, 5) is 13.6. The number of ether oxygens (including phenoxy) is 2. The highest BCUT2D eigenvalue weighted by atomic mass is 16.5. The van der Waals surface area contributed by atoms with Gasteiger partial charge in [0.05, 0.1) is 18.0 Å². The molecule has 154 valence electrons. The van der Waals surface area contributed by atoms with Crippen molar-refractivity contribution in [3.8, 4) is 5.75 Å². The fourth-order valence-corrected chi connectivity index (χ4v) is 3.64. The number of rotatable bonds is 8. The van der Waals surface area contributed by atoms with Gasteiger partial charge in [-0.15, -0.1) is 0 Å². The maximum absolute atomic E-state index is 8.65. The standard InChI is InChI=1S/C21H28N6O2/c1-28-10-11-29-16-4-5-18(22)17(12-16)21(23)19-13-20(25-14-24-19)27-8-6-26(7-9-27)15-2-3-15/h4-5,12-15,23H,2-3,6-11,22H2,1H3. The molecule has 2 aliphatic rings. The number of nitrogens with zero attached hydrogens (tertiary/aromatic N) is 4. The Balaban J connectivity index is 1.47. The van der Waals surface area contributed by atoms with Gasteiger partial charge >= 0.3 is 0 Å². The number of nitrogens with one attached hydrogen (secondary N) is 1. The zero-order valence-electron chi connectivity index (χ0n) is 16.8. The predicted octanol–water partition coefficient (Wildman–Crippen LogP) is 1.78. The minimum absolute atomic E-state index is 0.264. The van der Waals surface area contributed by atoms with Gasteiger partial charge in [-0.2, -0.15) is 0 Å². The summed E-state index contributed by atoms with van der Waals surface area (Å²) in [6.45, 7) is 4.97. The molecule has 0 unspecified atom stereocenters. The SMILES string of the molecule is COCCOc1ccc(N)c(C(=N)c2cc(N3CCN(C4CC4)CC3)ncn2)c1. The van der Waals surface area contributed by atoms with Crippen molar-refractivity contribution in [3.63, 3.8) is 0 Å². The molecule has 0 bridgehead atoms. The molecule has 0 atom stereocenters. The van der Waals surface area contributed by atoms with E-state index in [-0.39, 0.29) is 5.71 Å². The van der Waals surface area contributed by atoms with Crippen LogP contribution < -0.4 is 15.4 Å². The molecule has 1 saturated heterocycles. The average Bonchev–Trinajstić information content (AvgIpc) is 3.60. The van der Waals surface area contributed by atoms with Crippen LogP contribution in [0.3, 0.4) is 0 Å². The number of nitrogen functional groups attached to an aromatic ring is 1. The van der Waals surface area contributed by atoms with Crippen molar-refractivity contribution < 1.29 is 9.47 Å². The van der Waals surface area contributed by atoms with Gasteiger partial charge in [0.15, 0.2) is 0 Å². The molecular formula is C21H28N6O2. The van der Waals surface area contributed by atoms with E-state index < -0.39 is 0 Å². The molecular weight excluding hydrogens is 368 g/mol. The van der Waals surface area contributed by atoms with Crippen LogP contribution in [-0.4, -0.2) is 73.1 Å². The lowest BCUT2D eigenvalue weighted by molar-refractivity contribution is 0.146. The third-order valence-electron chi connectivity index (χ3n) is 5.46. The van der Waals surface area contributed by atoms with Crippen LogP contribution in [0.4, 0.5) is 11.5 Å². The monoisotopic (exact) mass is 396 g/mol. The zero-order valence-corrected chi connectivity index (χ0v) is 16.8. The fraction of sp³-hybridized carbons (Fsp3) is 0.476. The van der Waals surface area contributed by atoms with Crippen molar-refractivity contribution in [3.05, 3.63) is 41.9 Å². The van der Waals surface area contributed by atoms with Crippen LogP contribution in [0.1, 0.15) is 24.1 Å². The summed E-state index contributed by atoms with van der Waals surface area (Å²) in [5.74, 6) is 1.52. The topological polar surface area (TPSA) is 101 Å². The first-order valence-electron chi connectivity index (χ1n) is 10.1. The quantitative estimate of drug-likeness (QED) is 0.398. The molecule has 1 aliphatic carbocycles. The van der Waals surface area contributed by atoms with E-state index in [1.165, 1.54) is 19.2 Å².